The smallest absolute Gasteiger partial charge is 0.149 e. The Labute approximate surface area is 299 Å². The van der Waals surface area contributed by atoms with Crippen LogP contribution in [-0.2, 0) is 0 Å². The van der Waals surface area contributed by atoms with E-state index in [-0.39, 0.29) is 17.3 Å². The highest BCUT2D eigenvalue weighted by Crippen LogP contribution is 2.45. The van der Waals surface area contributed by atoms with Crippen LogP contribution in [0.4, 0.5) is 0 Å². The standard InChI is InChI=1S/C46H45N3O/c1-28(2)38-25-34(32-17-15-31(16-18-32)33-20-22-46(5,6)23-21-33)26-39(29(3)4)43(38)49-41-13-8-7-12-40(41)48-45(49)37-11-9-10-36-35-19-14-30(27-47)24-42(35)50-44(36)37/h7-19,24-26,28-29,33H,20-23H2,1-6H3/i17D,18D,33D. The molecule has 1 aliphatic carbocycles. The maximum absolute atomic E-state index is 9.57. The second kappa shape index (κ2) is 12.3. The van der Waals surface area contributed by atoms with E-state index in [1.807, 2.05) is 48.5 Å². The quantitative estimate of drug-likeness (QED) is 0.179. The molecular weight excluding hydrogens is 611 g/mol. The molecule has 0 aliphatic heterocycles. The summed E-state index contributed by atoms with van der Waals surface area (Å²) in [6, 6.07) is 30.8. The van der Waals surface area contributed by atoms with Crippen LogP contribution < -0.4 is 0 Å². The van der Waals surface area contributed by atoms with E-state index in [4.69, 9.17) is 9.40 Å². The van der Waals surface area contributed by atoms with Crippen LogP contribution >= 0.6 is 0 Å². The van der Waals surface area contributed by atoms with Crippen molar-refractivity contribution < 1.29 is 8.53 Å². The summed E-state index contributed by atoms with van der Waals surface area (Å²) >= 11 is 0. The Kier molecular flexibility index (Phi) is 7.07. The van der Waals surface area contributed by atoms with Crippen molar-refractivity contribution in [2.75, 3.05) is 0 Å². The Hall–Kier alpha value is -5.14. The van der Waals surface area contributed by atoms with Gasteiger partial charge in [-0.15, -0.1) is 0 Å². The van der Waals surface area contributed by atoms with Gasteiger partial charge in [-0.25, -0.2) is 4.98 Å². The minimum absolute atomic E-state index is 0.104. The van der Waals surface area contributed by atoms with Gasteiger partial charge in [-0.05, 0) is 125 Å². The fourth-order valence-electron chi connectivity index (χ4n) is 7.71. The fraction of sp³-hybridized carbons (Fsp3) is 0.304. The molecule has 2 aromatic heterocycles. The summed E-state index contributed by atoms with van der Waals surface area (Å²) in [4.78, 5) is 5.27. The predicted octanol–water partition coefficient (Wildman–Crippen LogP) is 13.1. The van der Waals surface area contributed by atoms with E-state index in [9.17, 15) is 9.37 Å². The normalized spacial score (nSPS) is 16.6. The molecule has 8 rings (SSSR count). The van der Waals surface area contributed by atoms with Gasteiger partial charge in [-0.2, -0.15) is 5.26 Å². The van der Waals surface area contributed by atoms with Gasteiger partial charge in [0.05, 0.1) is 36.7 Å². The maximum Gasteiger partial charge on any atom is 0.149 e. The van der Waals surface area contributed by atoms with E-state index in [0.717, 1.165) is 92.4 Å². The van der Waals surface area contributed by atoms with Gasteiger partial charge >= 0.3 is 0 Å². The van der Waals surface area contributed by atoms with E-state index in [1.165, 1.54) is 0 Å². The highest BCUT2D eigenvalue weighted by molar-refractivity contribution is 6.09. The number of aromatic nitrogens is 2. The first-order chi connectivity index (χ1) is 25.3. The van der Waals surface area contributed by atoms with Crippen LogP contribution in [0.15, 0.2) is 101 Å². The lowest BCUT2D eigenvalue weighted by Gasteiger charge is -2.34. The molecule has 7 aromatic rings. The number of nitrogens with zero attached hydrogens (tertiary/aromatic N) is 3. The van der Waals surface area contributed by atoms with Crippen molar-refractivity contribution in [3.8, 4) is 34.3 Å². The lowest BCUT2D eigenvalue weighted by molar-refractivity contribution is 0.224. The number of para-hydroxylation sites is 3. The van der Waals surface area contributed by atoms with Crippen molar-refractivity contribution in [3.63, 3.8) is 0 Å². The maximum atomic E-state index is 9.57. The van der Waals surface area contributed by atoms with E-state index in [1.54, 1.807) is 6.07 Å². The predicted molar refractivity (Wildman–Crippen MR) is 207 cm³/mol. The van der Waals surface area contributed by atoms with Crippen LogP contribution in [0.3, 0.4) is 0 Å². The van der Waals surface area contributed by atoms with E-state index in [2.05, 4.69) is 82.5 Å². The second-order valence-electron chi connectivity index (χ2n) is 15.4. The molecule has 0 radical (unpaired) electrons. The minimum atomic E-state index is -0.769. The highest BCUT2D eigenvalue weighted by atomic mass is 16.3. The lowest BCUT2D eigenvalue weighted by Crippen LogP contribution is -2.20. The first-order valence-corrected chi connectivity index (χ1v) is 17.9. The first kappa shape index (κ1) is 28.7. The molecule has 0 N–H and O–H groups in total. The molecule has 0 amide bonds. The molecule has 50 heavy (non-hydrogen) atoms. The number of imidazole rings is 1. The zero-order chi connectivity index (χ0) is 37.4. The molecule has 0 atom stereocenters. The zero-order valence-corrected chi connectivity index (χ0v) is 29.8. The van der Waals surface area contributed by atoms with Crippen LogP contribution in [0.25, 0.3) is 61.2 Å². The Bertz CT molecular complexity index is 2560. The monoisotopic (exact) mass is 658 g/mol. The minimum Gasteiger partial charge on any atom is -0.455 e. The van der Waals surface area contributed by atoms with Gasteiger partial charge in [0.15, 0.2) is 0 Å². The van der Waals surface area contributed by atoms with Crippen LogP contribution in [0.5, 0.6) is 0 Å². The van der Waals surface area contributed by atoms with Crippen molar-refractivity contribution in [3.05, 3.63) is 119 Å². The number of nitriles is 1. The Morgan fingerprint density at radius 2 is 1.56 bits per heavy atom. The summed E-state index contributed by atoms with van der Waals surface area (Å²) in [6.45, 7) is 13.3. The molecule has 0 unspecified atom stereocenters. The average Bonchev–Trinajstić information content (AvgIpc) is 3.70. The second-order valence-corrected chi connectivity index (χ2v) is 15.4. The van der Waals surface area contributed by atoms with Gasteiger partial charge in [0.25, 0.3) is 0 Å². The zero-order valence-electron chi connectivity index (χ0n) is 32.8. The topological polar surface area (TPSA) is 54.8 Å². The summed E-state index contributed by atoms with van der Waals surface area (Å²) in [5.41, 5.74) is 10.3. The summed E-state index contributed by atoms with van der Waals surface area (Å²) in [5.74, 6) is 0.200. The first-order valence-electron chi connectivity index (χ1n) is 19.4. The van der Waals surface area contributed by atoms with Gasteiger partial charge in [0, 0.05) is 12.1 Å². The Morgan fingerprint density at radius 3 is 2.24 bits per heavy atom. The highest BCUT2D eigenvalue weighted by Gasteiger charge is 2.28. The molecule has 0 spiro atoms. The van der Waals surface area contributed by atoms with Crippen LogP contribution in [-0.4, -0.2) is 9.55 Å². The van der Waals surface area contributed by atoms with Gasteiger partial charge in [-0.3, -0.25) is 4.57 Å². The van der Waals surface area contributed by atoms with Gasteiger partial charge in [0.2, 0.25) is 0 Å². The molecule has 250 valence electrons. The van der Waals surface area contributed by atoms with Gasteiger partial charge in [-0.1, -0.05) is 90.0 Å². The average molecular weight is 659 g/mol. The molecule has 1 saturated carbocycles. The van der Waals surface area contributed by atoms with E-state index in [0.29, 0.717) is 28.8 Å². The number of rotatable bonds is 6. The molecule has 1 fully saturated rings. The van der Waals surface area contributed by atoms with E-state index < -0.39 is 5.89 Å². The van der Waals surface area contributed by atoms with Gasteiger partial charge in [0.1, 0.15) is 17.0 Å². The third-order valence-electron chi connectivity index (χ3n) is 10.7. The molecule has 4 heteroatoms. The summed E-state index contributed by atoms with van der Waals surface area (Å²) in [6.07, 6.45) is 3.42. The largest absolute Gasteiger partial charge is 0.455 e. The number of hydrogen-bond acceptors (Lipinski definition) is 3. The number of furan rings is 1. The summed E-state index contributed by atoms with van der Waals surface area (Å²) in [7, 11) is 0. The number of fused-ring (bicyclic) bond motifs is 4. The lowest BCUT2D eigenvalue weighted by atomic mass is 9.71. The molecule has 2 heterocycles. The SMILES string of the molecule is [2H]c1cc(C2([2H])CCC(C)(C)CC2)cc([2H])c1-c1cc(C(C)C)c(-n2c(-c3cccc4c3oc3cc(C#N)ccc34)nc3ccccc32)c(C(C)C)c1. The number of benzene rings is 5. The third kappa shape index (κ3) is 5.50. The van der Waals surface area contributed by atoms with Crippen molar-refractivity contribution in [2.24, 2.45) is 5.41 Å². The van der Waals surface area contributed by atoms with Crippen LogP contribution in [0.2, 0.25) is 0 Å². The van der Waals surface area contributed by atoms with Crippen LogP contribution in [0.1, 0.15) is 111 Å². The molecule has 1 aliphatic rings. The fourth-order valence-corrected chi connectivity index (χ4v) is 7.71. The molecule has 5 aromatic carbocycles. The Balaban J connectivity index is 1.35. The molecule has 0 bridgehead atoms. The van der Waals surface area contributed by atoms with Crippen molar-refractivity contribution >= 4 is 33.0 Å². The van der Waals surface area contributed by atoms with Gasteiger partial charge < -0.3 is 4.42 Å². The van der Waals surface area contributed by atoms with Crippen molar-refractivity contribution in [1.29, 1.82) is 5.26 Å². The third-order valence-corrected chi connectivity index (χ3v) is 10.7. The molecule has 0 saturated heterocycles. The Morgan fingerprint density at radius 1 is 0.860 bits per heavy atom. The van der Waals surface area contributed by atoms with E-state index >= 15 is 0 Å². The summed E-state index contributed by atoms with van der Waals surface area (Å²) < 4.78 is 36.7. The van der Waals surface area contributed by atoms with Crippen molar-refractivity contribution in [1.82, 2.24) is 9.55 Å². The van der Waals surface area contributed by atoms with Crippen LogP contribution in [0, 0.1) is 16.7 Å². The molecule has 4 nitrogen and oxygen atoms in total. The number of hydrogen-bond donors (Lipinski definition) is 0. The van der Waals surface area contributed by atoms with Crippen molar-refractivity contribution in [2.45, 2.75) is 85.0 Å². The summed E-state index contributed by atoms with van der Waals surface area (Å²) in [5, 5.41) is 11.5. The molecular formula is C46H45N3O.